The van der Waals surface area contributed by atoms with Gasteiger partial charge >= 0.3 is 0 Å². The summed E-state index contributed by atoms with van der Waals surface area (Å²) in [6, 6.07) is 5.19. The Kier molecular flexibility index (Phi) is 5.38. The van der Waals surface area contributed by atoms with Gasteiger partial charge < -0.3 is 25.4 Å². The van der Waals surface area contributed by atoms with Crippen LogP contribution < -0.4 is 10.6 Å². The van der Waals surface area contributed by atoms with E-state index in [1.807, 2.05) is 7.05 Å². The van der Waals surface area contributed by atoms with Gasteiger partial charge in [-0.3, -0.25) is 0 Å². The van der Waals surface area contributed by atoms with Crippen LogP contribution in [0.2, 0.25) is 5.02 Å². The Morgan fingerprint density at radius 2 is 2.00 bits per heavy atom. The average molecular weight is 391 g/mol. The molecule has 8 nitrogen and oxygen atoms in total. The fraction of sp³-hybridized carbons (Fsp3) is 0.389. The molecular formula is C18H23ClN6O2. The molecule has 0 atom stereocenters. The number of aryl methyl sites for hydroxylation is 1. The van der Waals surface area contributed by atoms with Crippen molar-refractivity contribution < 1.29 is 10.2 Å². The van der Waals surface area contributed by atoms with Crippen molar-refractivity contribution in [1.29, 1.82) is 0 Å². The van der Waals surface area contributed by atoms with E-state index in [2.05, 4.69) is 25.6 Å². The lowest BCUT2D eigenvalue weighted by Crippen LogP contribution is -2.23. The minimum atomic E-state index is -0.769. The summed E-state index contributed by atoms with van der Waals surface area (Å²) in [5.41, 5.74) is 1.19. The number of aliphatic hydroxyl groups is 1. The summed E-state index contributed by atoms with van der Waals surface area (Å²) in [6.07, 6.45) is 2.22. The van der Waals surface area contributed by atoms with Crippen LogP contribution in [0.25, 0.3) is 11.2 Å². The van der Waals surface area contributed by atoms with Crippen LogP contribution in [0.4, 0.5) is 11.8 Å². The number of fused-ring (bicyclic) bond motifs is 1. The molecular weight excluding hydrogens is 368 g/mol. The first-order valence-electron chi connectivity index (χ1n) is 8.60. The molecule has 3 aromatic rings. The van der Waals surface area contributed by atoms with E-state index in [0.29, 0.717) is 53.0 Å². The molecule has 0 aliphatic carbocycles. The Morgan fingerprint density at radius 1 is 1.22 bits per heavy atom. The number of benzene rings is 1. The predicted molar refractivity (Wildman–Crippen MR) is 106 cm³/mol. The Hall–Kier alpha value is -2.58. The lowest BCUT2D eigenvalue weighted by molar-refractivity contribution is 0.0748. The number of hydrogen-bond donors (Lipinski definition) is 4. The van der Waals surface area contributed by atoms with Crippen molar-refractivity contribution in [1.82, 2.24) is 19.5 Å². The van der Waals surface area contributed by atoms with Crippen LogP contribution in [0.5, 0.6) is 5.75 Å². The molecule has 0 fully saturated rings. The number of phenolic OH excluding ortho intramolecular Hbond substituents is 1. The molecule has 0 spiro atoms. The molecule has 0 aliphatic rings. The number of rotatable bonds is 7. The maximum Gasteiger partial charge on any atom is 0.226 e. The zero-order valence-corrected chi connectivity index (χ0v) is 16.2. The van der Waals surface area contributed by atoms with E-state index in [1.165, 1.54) is 0 Å². The molecule has 0 saturated heterocycles. The van der Waals surface area contributed by atoms with Crippen molar-refractivity contribution in [2.45, 2.75) is 32.4 Å². The van der Waals surface area contributed by atoms with E-state index in [1.54, 1.807) is 42.9 Å². The molecule has 0 amide bonds. The number of nitrogens with one attached hydrogen (secondary N) is 2. The Bertz CT molecular complexity index is 951. The lowest BCUT2D eigenvalue weighted by atomic mass is 10.1. The van der Waals surface area contributed by atoms with Crippen LogP contribution in [-0.2, 0) is 13.6 Å². The molecule has 144 valence electrons. The highest BCUT2D eigenvalue weighted by Gasteiger charge is 2.15. The summed E-state index contributed by atoms with van der Waals surface area (Å²) < 4.78 is 1.81. The fourth-order valence-corrected chi connectivity index (χ4v) is 2.77. The molecule has 0 saturated carbocycles. The van der Waals surface area contributed by atoms with E-state index in [4.69, 9.17) is 11.6 Å². The van der Waals surface area contributed by atoms with E-state index >= 15 is 0 Å². The Morgan fingerprint density at radius 3 is 2.74 bits per heavy atom. The van der Waals surface area contributed by atoms with Crippen LogP contribution in [0.1, 0.15) is 25.8 Å². The van der Waals surface area contributed by atoms with E-state index < -0.39 is 5.60 Å². The van der Waals surface area contributed by atoms with Crippen molar-refractivity contribution in [2.75, 3.05) is 17.2 Å². The summed E-state index contributed by atoms with van der Waals surface area (Å²) in [5.74, 6) is 1.03. The minimum absolute atomic E-state index is 0.0431. The van der Waals surface area contributed by atoms with Gasteiger partial charge in [-0.15, -0.1) is 0 Å². The van der Waals surface area contributed by atoms with Crippen LogP contribution in [0.3, 0.4) is 0 Å². The number of nitrogens with zero attached hydrogens (tertiary/aromatic N) is 4. The molecule has 0 bridgehead atoms. The number of halogens is 1. The van der Waals surface area contributed by atoms with Gasteiger partial charge in [0.25, 0.3) is 0 Å². The molecule has 2 heterocycles. The summed E-state index contributed by atoms with van der Waals surface area (Å²) in [4.78, 5) is 13.3. The monoisotopic (exact) mass is 390 g/mol. The Labute approximate surface area is 162 Å². The maximum absolute atomic E-state index is 10.1. The minimum Gasteiger partial charge on any atom is -0.506 e. The maximum atomic E-state index is 10.1. The summed E-state index contributed by atoms with van der Waals surface area (Å²) >= 11 is 5.96. The Balaban J connectivity index is 1.83. The third-order valence-corrected chi connectivity index (χ3v) is 4.40. The van der Waals surface area contributed by atoms with Gasteiger partial charge in [0.15, 0.2) is 17.0 Å². The predicted octanol–water partition coefficient (Wildman–Crippen LogP) is 2.91. The molecule has 3 rings (SSSR count). The molecule has 27 heavy (non-hydrogen) atoms. The van der Waals surface area contributed by atoms with Crippen molar-refractivity contribution in [3.63, 3.8) is 0 Å². The zero-order chi connectivity index (χ0) is 19.6. The summed E-state index contributed by atoms with van der Waals surface area (Å²) in [6.45, 7) is 4.37. The van der Waals surface area contributed by atoms with Crippen LogP contribution in [-0.4, -0.2) is 41.9 Å². The molecule has 0 aliphatic heterocycles. The van der Waals surface area contributed by atoms with Gasteiger partial charge in [0.05, 0.1) is 17.0 Å². The number of aromatic nitrogens is 4. The van der Waals surface area contributed by atoms with E-state index in [9.17, 15) is 10.2 Å². The molecule has 0 radical (unpaired) electrons. The number of hydrogen-bond acceptors (Lipinski definition) is 7. The summed E-state index contributed by atoms with van der Waals surface area (Å²) in [7, 11) is 1.86. The third kappa shape index (κ3) is 4.58. The normalized spacial score (nSPS) is 11.7. The van der Waals surface area contributed by atoms with Crippen LogP contribution in [0, 0.1) is 0 Å². The second-order valence-corrected chi connectivity index (χ2v) is 7.42. The smallest absolute Gasteiger partial charge is 0.226 e. The second-order valence-electron chi connectivity index (χ2n) is 7.01. The number of imidazole rings is 1. The standard InChI is InChI=1S/C18H23ClN6O2/c1-18(2,27)7-8-20-17-23-15(13-16(24-17)25(3)10-22-13)21-9-11-5-4-6-12(19)14(11)26/h4-6,10,26-27H,7-9H2,1-3H3,(H2,20,21,23,24). The lowest BCUT2D eigenvalue weighted by Gasteiger charge is -2.17. The number of anilines is 2. The van der Waals surface area contributed by atoms with Crippen molar-refractivity contribution in [3.8, 4) is 5.75 Å². The van der Waals surface area contributed by atoms with Gasteiger partial charge in [0.2, 0.25) is 5.95 Å². The summed E-state index contributed by atoms with van der Waals surface area (Å²) in [5, 5.41) is 26.6. The highest BCUT2D eigenvalue weighted by Crippen LogP contribution is 2.28. The van der Waals surface area contributed by atoms with Gasteiger partial charge in [-0.05, 0) is 26.3 Å². The molecule has 9 heteroatoms. The average Bonchev–Trinajstić information content (AvgIpc) is 2.96. The van der Waals surface area contributed by atoms with Crippen molar-refractivity contribution in [2.24, 2.45) is 7.05 Å². The van der Waals surface area contributed by atoms with Crippen LogP contribution in [0.15, 0.2) is 24.5 Å². The topological polar surface area (TPSA) is 108 Å². The number of phenols is 1. The fourth-order valence-electron chi connectivity index (χ4n) is 2.57. The molecule has 2 aromatic heterocycles. The first-order chi connectivity index (χ1) is 12.7. The molecule has 1 aromatic carbocycles. The van der Waals surface area contributed by atoms with Gasteiger partial charge in [0.1, 0.15) is 5.75 Å². The first-order valence-corrected chi connectivity index (χ1v) is 8.98. The van der Waals surface area contributed by atoms with Crippen LogP contribution >= 0.6 is 11.6 Å². The van der Waals surface area contributed by atoms with E-state index in [0.717, 1.165) is 0 Å². The van der Waals surface area contributed by atoms with Gasteiger partial charge in [-0.25, -0.2) is 4.98 Å². The van der Waals surface area contributed by atoms with Gasteiger partial charge in [0, 0.05) is 25.7 Å². The van der Waals surface area contributed by atoms with E-state index in [-0.39, 0.29) is 5.75 Å². The number of para-hydroxylation sites is 1. The number of aromatic hydroxyl groups is 1. The SMILES string of the molecule is Cn1cnc2c(NCc3cccc(Cl)c3O)nc(NCCC(C)(C)O)nc21. The molecule has 4 N–H and O–H groups in total. The van der Waals surface area contributed by atoms with Gasteiger partial charge in [-0.1, -0.05) is 23.7 Å². The van der Waals surface area contributed by atoms with Gasteiger partial charge in [-0.2, -0.15) is 9.97 Å². The highest BCUT2D eigenvalue weighted by molar-refractivity contribution is 6.32. The van der Waals surface area contributed by atoms with Crippen molar-refractivity contribution in [3.05, 3.63) is 35.1 Å². The third-order valence-electron chi connectivity index (χ3n) is 4.10. The molecule has 0 unspecified atom stereocenters. The zero-order valence-electron chi connectivity index (χ0n) is 15.5. The quantitative estimate of drug-likeness (QED) is 0.491. The largest absolute Gasteiger partial charge is 0.506 e. The van der Waals surface area contributed by atoms with Crippen molar-refractivity contribution >= 4 is 34.5 Å². The highest BCUT2D eigenvalue weighted by atomic mass is 35.5. The first kappa shape index (κ1) is 19.2. The second kappa shape index (κ2) is 7.58.